The lowest BCUT2D eigenvalue weighted by molar-refractivity contribution is 0.0789. The predicted octanol–water partition coefficient (Wildman–Crippen LogP) is 3.32. The van der Waals surface area contributed by atoms with E-state index in [0.717, 1.165) is 12.8 Å². The van der Waals surface area contributed by atoms with Crippen LogP contribution in [0.2, 0.25) is 0 Å². The number of ether oxygens (including phenoxy) is 2. The van der Waals surface area contributed by atoms with Crippen molar-refractivity contribution in [2.24, 2.45) is 0 Å². The molecule has 0 saturated carbocycles. The highest BCUT2D eigenvalue weighted by Gasteiger charge is 2.33. The standard InChI is InChI=1S/C22H22N2O5S/c1-28-15-9-10-19(29-2)20(13-15)30(26,27)21-16-7-3-4-8-18(16)23-14-17(21)22(25)24-11-5-6-12-24/h3-4,7-10,13-14H,5-6,11-12H2,1-2H3. The Balaban J connectivity index is 2.01. The number of carbonyl (C=O) groups excluding carboxylic acids is 1. The molecule has 0 bridgehead atoms. The molecule has 1 aliphatic rings. The average molecular weight is 426 g/mol. The third-order valence-corrected chi connectivity index (χ3v) is 7.15. The third kappa shape index (κ3) is 3.37. The SMILES string of the molecule is COc1ccc(OC)c(S(=O)(=O)c2c(C(=O)N3CCCC3)cnc3ccccc23)c1. The number of hydrogen-bond acceptors (Lipinski definition) is 6. The van der Waals surface area contributed by atoms with Gasteiger partial charge in [0.2, 0.25) is 9.84 Å². The van der Waals surface area contributed by atoms with Crippen molar-refractivity contribution in [3.8, 4) is 11.5 Å². The van der Waals surface area contributed by atoms with Crippen molar-refractivity contribution < 1.29 is 22.7 Å². The maximum absolute atomic E-state index is 13.9. The topological polar surface area (TPSA) is 85.8 Å². The highest BCUT2D eigenvalue weighted by atomic mass is 32.2. The number of pyridine rings is 1. The van der Waals surface area contributed by atoms with Crippen LogP contribution in [0.3, 0.4) is 0 Å². The lowest BCUT2D eigenvalue weighted by Crippen LogP contribution is -2.29. The van der Waals surface area contributed by atoms with E-state index in [4.69, 9.17) is 9.47 Å². The van der Waals surface area contributed by atoms with Gasteiger partial charge in [0.1, 0.15) is 16.4 Å². The van der Waals surface area contributed by atoms with Crippen LogP contribution < -0.4 is 9.47 Å². The van der Waals surface area contributed by atoms with Crippen LogP contribution in [0.4, 0.5) is 0 Å². The molecule has 2 aromatic carbocycles. The van der Waals surface area contributed by atoms with Crippen molar-refractivity contribution in [1.29, 1.82) is 0 Å². The number of methoxy groups -OCH3 is 2. The highest BCUT2D eigenvalue weighted by molar-refractivity contribution is 7.92. The van der Waals surface area contributed by atoms with Crippen LogP contribution in [0.1, 0.15) is 23.2 Å². The van der Waals surface area contributed by atoms with E-state index in [1.165, 1.54) is 32.5 Å². The molecule has 1 aromatic heterocycles. The molecule has 1 aliphatic heterocycles. The Morgan fingerprint density at radius 2 is 1.77 bits per heavy atom. The summed E-state index contributed by atoms with van der Waals surface area (Å²) in [5, 5.41) is 0.396. The van der Waals surface area contributed by atoms with Crippen molar-refractivity contribution in [3.05, 3.63) is 54.2 Å². The van der Waals surface area contributed by atoms with Gasteiger partial charge in [0.15, 0.2) is 0 Å². The van der Waals surface area contributed by atoms with Crippen molar-refractivity contribution in [1.82, 2.24) is 9.88 Å². The van der Waals surface area contributed by atoms with Gasteiger partial charge in [-0.15, -0.1) is 0 Å². The molecule has 0 radical (unpaired) electrons. The third-order valence-electron chi connectivity index (χ3n) is 5.28. The number of likely N-dealkylation sites (tertiary alicyclic amines) is 1. The lowest BCUT2D eigenvalue weighted by Gasteiger charge is -2.19. The van der Waals surface area contributed by atoms with E-state index in [1.54, 1.807) is 35.2 Å². The fourth-order valence-corrected chi connectivity index (χ4v) is 5.55. The molecular weight excluding hydrogens is 404 g/mol. The van der Waals surface area contributed by atoms with Gasteiger partial charge in [0.05, 0.1) is 30.2 Å². The van der Waals surface area contributed by atoms with E-state index in [2.05, 4.69) is 4.98 Å². The molecule has 1 fully saturated rings. The maximum Gasteiger partial charge on any atom is 0.256 e. The van der Waals surface area contributed by atoms with Gasteiger partial charge in [-0.05, 0) is 31.0 Å². The first kappa shape index (κ1) is 20.2. The van der Waals surface area contributed by atoms with Gasteiger partial charge in [-0.3, -0.25) is 9.78 Å². The second kappa shape index (κ2) is 7.95. The monoisotopic (exact) mass is 426 g/mol. The van der Waals surface area contributed by atoms with Crippen LogP contribution in [0.25, 0.3) is 10.9 Å². The molecular formula is C22H22N2O5S. The molecule has 0 aliphatic carbocycles. The number of amides is 1. The molecule has 3 aromatic rings. The molecule has 1 saturated heterocycles. The number of fused-ring (bicyclic) bond motifs is 1. The van der Waals surface area contributed by atoms with Crippen LogP contribution in [0.5, 0.6) is 11.5 Å². The Labute approximate surface area is 175 Å². The molecule has 30 heavy (non-hydrogen) atoms. The van der Waals surface area contributed by atoms with E-state index in [9.17, 15) is 13.2 Å². The van der Waals surface area contributed by atoms with Crippen LogP contribution in [0, 0.1) is 0 Å². The quantitative estimate of drug-likeness (QED) is 0.622. The minimum Gasteiger partial charge on any atom is -0.497 e. The van der Waals surface area contributed by atoms with Crippen molar-refractivity contribution in [3.63, 3.8) is 0 Å². The zero-order valence-electron chi connectivity index (χ0n) is 16.8. The van der Waals surface area contributed by atoms with Gasteiger partial charge in [-0.2, -0.15) is 0 Å². The Morgan fingerprint density at radius 1 is 1.03 bits per heavy atom. The Morgan fingerprint density at radius 3 is 2.47 bits per heavy atom. The normalized spacial score (nSPS) is 14.1. The number of aromatic nitrogens is 1. The van der Waals surface area contributed by atoms with E-state index >= 15 is 0 Å². The Hall–Kier alpha value is -3.13. The van der Waals surface area contributed by atoms with Crippen molar-refractivity contribution in [2.45, 2.75) is 22.6 Å². The number of sulfone groups is 1. The van der Waals surface area contributed by atoms with Crippen LogP contribution in [-0.4, -0.2) is 51.5 Å². The van der Waals surface area contributed by atoms with Crippen molar-refractivity contribution >= 4 is 26.6 Å². The Bertz CT molecular complexity index is 1220. The molecule has 1 amide bonds. The molecule has 0 N–H and O–H groups in total. The Kier molecular flexibility index (Phi) is 5.34. The molecule has 2 heterocycles. The number of para-hydroxylation sites is 1. The summed E-state index contributed by atoms with van der Waals surface area (Å²) in [4.78, 5) is 19.1. The maximum atomic E-state index is 13.9. The summed E-state index contributed by atoms with van der Waals surface area (Å²) in [5.74, 6) is 0.225. The van der Waals surface area contributed by atoms with E-state index in [-0.39, 0.29) is 27.0 Å². The van der Waals surface area contributed by atoms with Gasteiger partial charge in [-0.1, -0.05) is 18.2 Å². The molecule has 0 spiro atoms. The smallest absolute Gasteiger partial charge is 0.256 e. The van der Waals surface area contributed by atoms with Crippen LogP contribution in [-0.2, 0) is 9.84 Å². The molecule has 7 nitrogen and oxygen atoms in total. The molecule has 4 rings (SSSR count). The summed E-state index contributed by atoms with van der Waals surface area (Å²) in [6.45, 7) is 1.21. The number of carbonyl (C=O) groups is 1. The molecule has 8 heteroatoms. The summed E-state index contributed by atoms with van der Waals surface area (Å²) in [6.07, 6.45) is 3.17. The molecule has 0 unspecified atom stereocenters. The first-order valence-electron chi connectivity index (χ1n) is 9.61. The van der Waals surface area contributed by atoms with Crippen LogP contribution >= 0.6 is 0 Å². The highest BCUT2D eigenvalue weighted by Crippen LogP contribution is 2.37. The van der Waals surface area contributed by atoms with Crippen molar-refractivity contribution in [2.75, 3.05) is 27.3 Å². The summed E-state index contributed by atoms with van der Waals surface area (Å²) in [6, 6.07) is 11.5. The fraction of sp³-hybridized carbons (Fsp3) is 0.273. The second-order valence-electron chi connectivity index (χ2n) is 7.04. The van der Waals surface area contributed by atoms with Gasteiger partial charge < -0.3 is 14.4 Å². The predicted molar refractivity (Wildman–Crippen MR) is 112 cm³/mol. The number of nitrogens with zero attached hydrogens (tertiary/aromatic N) is 2. The largest absolute Gasteiger partial charge is 0.497 e. The first-order valence-corrected chi connectivity index (χ1v) is 11.1. The first-order chi connectivity index (χ1) is 14.5. The zero-order valence-corrected chi connectivity index (χ0v) is 17.6. The lowest BCUT2D eigenvalue weighted by atomic mass is 10.1. The van der Waals surface area contributed by atoms with Gasteiger partial charge >= 0.3 is 0 Å². The van der Waals surface area contributed by atoms with Gasteiger partial charge in [0, 0.05) is 30.7 Å². The molecule has 0 atom stereocenters. The van der Waals surface area contributed by atoms with Gasteiger partial charge in [-0.25, -0.2) is 8.42 Å². The molecule has 156 valence electrons. The minimum absolute atomic E-state index is 0.0587. The van der Waals surface area contributed by atoms with Gasteiger partial charge in [0.25, 0.3) is 5.91 Å². The fourth-order valence-electron chi connectivity index (χ4n) is 3.75. The minimum atomic E-state index is -4.14. The zero-order chi connectivity index (χ0) is 21.3. The summed E-state index contributed by atoms with van der Waals surface area (Å²) in [7, 11) is -1.27. The van der Waals surface area contributed by atoms with E-state index < -0.39 is 9.84 Å². The average Bonchev–Trinajstić information content (AvgIpc) is 3.32. The van der Waals surface area contributed by atoms with E-state index in [1.807, 2.05) is 0 Å². The summed E-state index contributed by atoms with van der Waals surface area (Å²) >= 11 is 0. The van der Waals surface area contributed by atoms with E-state index in [0.29, 0.717) is 29.7 Å². The second-order valence-corrected chi connectivity index (χ2v) is 8.89. The number of rotatable bonds is 5. The van der Waals surface area contributed by atoms with Crippen LogP contribution in [0.15, 0.2) is 58.5 Å². The number of hydrogen-bond donors (Lipinski definition) is 0. The summed E-state index contributed by atoms with van der Waals surface area (Å²) in [5.41, 5.74) is 0.566. The number of benzene rings is 2. The summed E-state index contributed by atoms with van der Waals surface area (Å²) < 4.78 is 38.3.